The molecular weight excluding hydrogens is 216 g/mol. The second kappa shape index (κ2) is 5.83. The minimum Gasteiger partial charge on any atom is -0.468 e. The molecule has 3 atom stereocenters. The van der Waals surface area contributed by atoms with E-state index < -0.39 is 5.54 Å². The van der Waals surface area contributed by atoms with Crippen molar-refractivity contribution in [3.05, 3.63) is 0 Å². The summed E-state index contributed by atoms with van der Waals surface area (Å²) >= 11 is 0. The number of rotatable bonds is 5. The average Bonchev–Trinajstić information content (AvgIpc) is 2.74. The smallest absolute Gasteiger partial charge is 0.325 e. The van der Waals surface area contributed by atoms with Crippen LogP contribution in [0.25, 0.3) is 0 Å². The molecule has 4 heteroatoms. The monoisotopic (exact) mass is 242 g/mol. The highest BCUT2D eigenvalue weighted by molar-refractivity contribution is 5.80. The van der Waals surface area contributed by atoms with Crippen molar-refractivity contribution in [2.45, 2.75) is 45.2 Å². The molecule has 0 aromatic rings. The molecule has 17 heavy (non-hydrogen) atoms. The first kappa shape index (κ1) is 14.5. The standard InChI is InChI=1S/C13H26N2O2/c1-10-6-7-15(9-10)11(2)8-13(3,14-4)12(16)17-5/h10-11,14H,6-9H2,1-5H3. The van der Waals surface area contributed by atoms with E-state index in [1.807, 2.05) is 14.0 Å². The Morgan fingerprint density at radius 1 is 1.65 bits per heavy atom. The van der Waals surface area contributed by atoms with Gasteiger partial charge in [0.05, 0.1) is 7.11 Å². The van der Waals surface area contributed by atoms with Crippen LogP contribution in [0.2, 0.25) is 0 Å². The minimum atomic E-state index is -0.583. The summed E-state index contributed by atoms with van der Waals surface area (Å²) in [4.78, 5) is 14.2. The second-order valence-corrected chi connectivity index (χ2v) is 5.52. The summed E-state index contributed by atoms with van der Waals surface area (Å²) in [5.74, 6) is 0.593. The van der Waals surface area contributed by atoms with Crippen molar-refractivity contribution in [1.82, 2.24) is 10.2 Å². The molecule has 0 bridgehead atoms. The van der Waals surface area contributed by atoms with Crippen LogP contribution in [0.5, 0.6) is 0 Å². The third-order valence-corrected chi connectivity index (χ3v) is 3.97. The summed E-state index contributed by atoms with van der Waals surface area (Å²) in [6.45, 7) is 8.67. The number of methoxy groups -OCH3 is 1. The van der Waals surface area contributed by atoms with Crippen LogP contribution < -0.4 is 5.32 Å². The minimum absolute atomic E-state index is 0.181. The highest BCUT2D eigenvalue weighted by Crippen LogP contribution is 2.23. The number of esters is 1. The van der Waals surface area contributed by atoms with Gasteiger partial charge in [0, 0.05) is 12.6 Å². The third kappa shape index (κ3) is 3.42. The Morgan fingerprint density at radius 2 is 2.29 bits per heavy atom. The van der Waals surface area contributed by atoms with Crippen LogP contribution in [0.4, 0.5) is 0 Å². The van der Waals surface area contributed by atoms with Crippen LogP contribution in [0.3, 0.4) is 0 Å². The highest BCUT2D eigenvalue weighted by Gasteiger charge is 2.36. The maximum absolute atomic E-state index is 11.8. The molecule has 0 spiro atoms. The Balaban J connectivity index is 2.59. The Hall–Kier alpha value is -0.610. The Bertz CT molecular complexity index is 270. The van der Waals surface area contributed by atoms with Gasteiger partial charge in [0.15, 0.2) is 0 Å². The summed E-state index contributed by atoms with van der Waals surface area (Å²) in [5, 5.41) is 3.09. The molecule has 1 saturated heterocycles. The second-order valence-electron chi connectivity index (χ2n) is 5.52. The van der Waals surface area contributed by atoms with Crippen LogP contribution in [0.15, 0.2) is 0 Å². The predicted molar refractivity (Wildman–Crippen MR) is 68.9 cm³/mol. The first-order valence-electron chi connectivity index (χ1n) is 6.44. The molecule has 0 aromatic heterocycles. The van der Waals surface area contributed by atoms with E-state index in [-0.39, 0.29) is 5.97 Å². The number of likely N-dealkylation sites (N-methyl/N-ethyl adjacent to an activating group) is 1. The lowest BCUT2D eigenvalue weighted by Gasteiger charge is -2.33. The normalized spacial score (nSPS) is 26.5. The first-order valence-corrected chi connectivity index (χ1v) is 6.44. The van der Waals surface area contributed by atoms with Gasteiger partial charge in [-0.15, -0.1) is 0 Å². The van der Waals surface area contributed by atoms with Crippen molar-refractivity contribution < 1.29 is 9.53 Å². The maximum atomic E-state index is 11.8. The lowest BCUT2D eigenvalue weighted by molar-refractivity contribution is -0.148. The summed E-state index contributed by atoms with van der Waals surface area (Å²) in [6.07, 6.45) is 2.04. The fourth-order valence-corrected chi connectivity index (χ4v) is 2.60. The van der Waals surface area contributed by atoms with Gasteiger partial charge in [0.1, 0.15) is 5.54 Å². The van der Waals surface area contributed by atoms with Gasteiger partial charge in [-0.1, -0.05) is 6.92 Å². The maximum Gasteiger partial charge on any atom is 0.325 e. The lowest BCUT2D eigenvalue weighted by Crippen LogP contribution is -2.52. The molecule has 1 N–H and O–H groups in total. The number of ether oxygens (including phenoxy) is 1. The van der Waals surface area contributed by atoms with Crippen molar-refractivity contribution in [2.75, 3.05) is 27.2 Å². The van der Waals surface area contributed by atoms with Gasteiger partial charge in [-0.3, -0.25) is 4.79 Å². The van der Waals surface area contributed by atoms with E-state index in [0.29, 0.717) is 6.04 Å². The summed E-state index contributed by atoms with van der Waals surface area (Å²) < 4.78 is 4.87. The van der Waals surface area contributed by atoms with Gasteiger partial charge in [-0.05, 0) is 46.2 Å². The zero-order valence-electron chi connectivity index (χ0n) is 11.7. The van der Waals surface area contributed by atoms with E-state index in [2.05, 4.69) is 24.1 Å². The molecule has 1 fully saturated rings. The van der Waals surface area contributed by atoms with E-state index in [4.69, 9.17) is 4.74 Å². The van der Waals surface area contributed by atoms with E-state index in [1.54, 1.807) is 0 Å². The van der Waals surface area contributed by atoms with Gasteiger partial charge >= 0.3 is 5.97 Å². The van der Waals surface area contributed by atoms with Crippen LogP contribution in [-0.2, 0) is 9.53 Å². The van der Waals surface area contributed by atoms with Crippen molar-refractivity contribution >= 4 is 5.97 Å². The number of hydrogen-bond donors (Lipinski definition) is 1. The fraction of sp³-hybridized carbons (Fsp3) is 0.923. The van der Waals surface area contributed by atoms with Gasteiger partial charge in [0.2, 0.25) is 0 Å². The molecule has 1 aliphatic rings. The number of nitrogens with one attached hydrogen (secondary N) is 1. The highest BCUT2D eigenvalue weighted by atomic mass is 16.5. The number of likely N-dealkylation sites (tertiary alicyclic amines) is 1. The molecule has 1 aliphatic heterocycles. The molecular formula is C13H26N2O2. The lowest BCUT2D eigenvalue weighted by atomic mass is 9.93. The van der Waals surface area contributed by atoms with Crippen LogP contribution in [0.1, 0.15) is 33.6 Å². The molecule has 1 heterocycles. The van der Waals surface area contributed by atoms with Crippen LogP contribution >= 0.6 is 0 Å². The molecule has 3 unspecified atom stereocenters. The predicted octanol–water partition coefficient (Wildman–Crippen LogP) is 1.26. The number of hydrogen-bond acceptors (Lipinski definition) is 4. The molecule has 0 aliphatic carbocycles. The van der Waals surface area contributed by atoms with Crippen molar-refractivity contribution in [2.24, 2.45) is 5.92 Å². The summed E-state index contributed by atoms with van der Waals surface area (Å²) in [7, 11) is 3.26. The number of carbonyl (C=O) groups excluding carboxylic acids is 1. The molecule has 0 aromatic carbocycles. The molecule has 0 radical (unpaired) electrons. The molecule has 1 rings (SSSR count). The molecule has 0 saturated carbocycles. The topological polar surface area (TPSA) is 41.6 Å². The van der Waals surface area contributed by atoms with E-state index in [0.717, 1.165) is 25.4 Å². The van der Waals surface area contributed by atoms with E-state index in [9.17, 15) is 4.79 Å². The Kier molecular flexibility index (Phi) is 4.95. The molecule has 100 valence electrons. The van der Waals surface area contributed by atoms with Crippen LogP contribution in [0, 0.1) is 5.92 Å². The number of carbonyl (C=O) groups is 1. The zero-order chi connectivity index (χ0) is 13.1. The van der Waals surface area contributed by atoms with Crippen molar-refractivity contribution in [1.29, 1.82) is 0 Å². The largest absolute Gasteiger partial charge is 0.468 e. The SMILES string of the molecule is CNC(C)(CC(C)N1CCC(C)C1)C(=O)OC. The Labute approximate surface area is 105 Å². The zero-order valence-corrected chi connectivity index (χ0v) is 11.7. The number of nitrogens with zero attached hydrogens (tertiary/aromatic N) is 1. The third-order valence-electron chi connectivity index (χ3n) is 3.97. The summed E-state index contributed by atoms with van der Waals surface area (Å²) in [5.41, 5.74) is -0.583. The fourth-order valence-electron chi connectivity index (χ4n) is 2.60. The first-order chi connectivity index (χ1) is 7.92. The van der Waals surface area contributed by atoms with Gasteiger partial charge < -0.3 is 15.0 Å². The Morgan fingerprint density at radius 3 is 2.71 bits per heavy atom. The summed E-state index contributed by atoms with van der Waals surface area (Å²) in [6, 6.07) is 0.400. The average molecular weight is 242 g/mol. The van der Waals surface area contributed by atoms with Gasteiger partial charge in [-0.2, -0.15) is 0 Å². The van der Waals surface area contributed by atoms with E-state index in [1.165, 1.54) is 13.5 Å². The molecule has 4 nitrogen and oxygen atoms in total. The quantitative estimate of drug-likeness (QED) is 0.737. The van der Waals surface area contributed by atoms with Crippen molar-refractivity contribution in [3.8, 4) is 0 Å². The van der Waals surface area contributed by atoms with Crippen LogP contribution in [-0.4, -0.2) is 49.7 Å². The van der Waals surface area contributed by atoms with Crippen molar-refractivity contribution in [3.63, 3.8) is 0 Å². The molecule has 0 amide bonds. The van der Waals surface area contributed by atoms with E-state index >= 15 is 0 Å². The van der Waals surface area contributed by atoms with Gasteiger partial charge in [0.25, 0.3) is 0 Å². The van der Waals surface area contributed by atoms with Gasteiger partial charge in [-0.25, -0.2) is 0 Å².